The molecule has 117 valence electrons. The summed E-state index contributed by atoms with van der Waals surface area (Å²) in [5.74, 6) is 0. The van der Waals surface area contributed by atoms with Gasteiger partial charge in [0.25, 0.3) is 0 Å². The van der Waals surface area contributed by atoms with Gasteiger partial charge in [0.2, 0.25) is 0 Å². The van der Waals surface area contributed by atoms with E-state index in [0.717, 1.165) is 0 Å². The zero-order chi connectivity index (χ0) is 15.0. The second kappa shape index (κ2) is 23.9. The fraction of sp³-hybridized carbons (Fsp3) is 1.00. The molecule has 3 unspecified atom stereocenters. The Morgan fingerprint density at radius 2 is 0.789 bits per heavy atom. The van der Waals surface area contributed by atoms with Crippen molar-refractivity contribution in [2.24, 2.45) is 0 Å². The maximum Gasteiger partial charge on any atom is 0.153 e. The van der Waals surface area contributed by atoms with Crippen molar-refractivity contribution in [2.45, 2.75) is 58.9 Å². The molecule has 0 aliphatic carbocycles. The Balaban J connectivity index is -0.0000000865. The van der Waals surface area contributed by atoms with Crippen LogP contribution in [0.1, 0.15) is 40.0 Å². The summed E-state index contributed by atoms with van der Waals surface area (Å²) in [6.45, 7) is 5.57. The standard InChI is InChI=1S/3C4H10O2.Y/c3*1-3-4(5)6-2;/h3*4-5H,3H2,1-2H3;. The van der Waals surface area contributed by atoms with Gasteiger partial charge in [-0.25, -0.2) is 0 Å². The molecule has 0 aromatic carbocycles. The fourth-order valence-corrected chi connectivity index (χ4v) is 0.500. The van der Waals surface area contributed by atoms with E-state index >= 15 is 0 Å². The van der Waals surface area contributed by atoms with Gasteiger partial charge >= 0.3 is 0 Å². The van der Waals surface area contributed by atoms with Crippen molar-refractivity contribution in [3.8, 4) is 0 Å². The third kappa shape index (κ3) is 32.4. The van der Waals surface area contributed by atoms with Gasteiger partial charge in [-0.15, -0.1) is 0 Å². The van der Waals surface area contributed by atoms with Gasteiger partial charge in [-0.2, -0.15) is 0 Å². The van der Waals surface area contributed by atoms with E-state index in [4.69, 9.17) is 15.3 Å². The van der Waals surface area contributed by atoms with Crippen molar-refractivity contribution < 1.29 is 62.2 Å². The van der Waals surface area contributed by atoms with Gasteiger partial charge in [0.05, 0.1) is 0 Å². The Morgan fingerprint density at radius 3 is 0.789 bits per heavy atom. The Labute approximate surface area is 142 Å². The molecule has 0 saturated heterocycles. The van der Waals surface area contributed by atoms with Crippen molar-refractivity contribution in [3.63, 3.8) is 0 Å². The minimum atomic E-state index is -0.565. The van der Waals surface area contributed by atoms with Gasteiger partial charge in [0.15, 0.2) is 18.9 Å². The van der Waals surface area contributed by atoms with E-state index in [0.29, 0.717) is 19.3 Å². The monoisotopic (exact) mass is 359 g/mol. The molecule has 0 bridgehead atoms. The first kappa shape index (κ1) is 28.1. The first-order valence-corrected chi connectivity index (χ1v) is 6.05. The zero-order valence-corrected chi connectivity index (χ0v) is 15.8. The molecule has 0 aromatic heterocycles. The van der Waals surface area contributed by atoms with Crippen LogP contribution in [0.25, 0.3) is 0 Å². The second-order valence-electron chi connectivity index (χ2n) is 3.30. The third-order valence-electron chi connectivity index (χ3n) is 1.86. The first-order valence-electron chi connectivity index (χ1n) is 6.05. The van der Waals surface area contributed by atoms with E-state index in [1.807, 2.05) is 20.8 Å². The molecule has 0 saturated carbocycles. The number of aliphatic hydroxyl groups is 3. The minimum absolute atomic E-state index is 0. The van der Waals surface area contributed by atoms with Crippen LogP contribution in [-0.4, -0.2) is 55.5 Å². The van der Waals surface area contributed by atoms with Crippen molar-refractivity contribution in [2.75, 3.05) is 21.3 Å². The molecule has 0 heterocycles. The average molecular weight is 359 g/mol. The summed E-state index contributed by atoms with van der Waals surface area (Å²) in [6.07, 6.45) is 0.295. The number of aliphatic hydroxyl groups excluding tert-OH is 3. The Morgan fingerprint density at radius 1 is 0.632 bits per heavy atom. The molecule has 7 heteroatoms. The maximum absolute atomic E-state index is 8.44. The molecule has 6 nitrogen and oxygen atoms in total. The topological polar surface area (TPSA) is 88.4 Å². The third-order valence-corrected chi connectivity index (χ3v) is 1.86. The van der Waals surface area contributed by atoms with Crippen molar-refractivity contribution >= 4 is 0 Å². The molecule has 0 aliphatic heterocycles. The smallest absolute Gasteiger partial charge is 0.153 e. The Kier molecular flexibility index (Phi) is 35.4. The van der Waals surface area contributed by atoms with Crippen LogP contribution in [0.3, 0.4) is 0 Å². The summed E-state index contributed by atoms with van der Waals surface area (Å²) in [6, 6.07) is 0. The van der Waals surface area contributed by atoms with Crippen molar-refractivity contribution in [1.82, 2.24) is 0 Å². The van der Waals surface area contributed by atoms with Gasteiger partial charge in [0.1, 0.15) is 0 Å². The SMILES string of the molecule is CCC(O)OC.CCC(O)OC.CCC(O)OC.[Y]. The summed E-state index contributed by atoms with van der Waals surface area (Å²) < 4.78 is 13.4. The van der Waals surface area contributed by atoms with Gasteiger partial charge in [-0.05, 0) is 19.3 Å². The largest absolute Gasteiger partial charge is 0.368 e. The summed E-state index contributed by atoms with van der Waals surface area (Å²) in [4.78, 5) is 0. The average Bonchev–Trinajstić information content (AvgIpc) is 2.45. The van der Waals surface area contributed by atoms with Crippen LogP contribution in [0.5, 0.6) is 0 Å². The number of hydrogen-bond acceptors (Lipinski definition) is 6. The van der Waals surface area contributed by atoms with Crippen molar-refractivity contribution in [1.29, 1.82) is 0 Å². The normalized spacial score (nSPS) is 13.7. The molecule has 19 heavy (non-hydrogen) atoms. The summed E-state index contributed by atoms with van der Waals surface area (Å²) in [7, 11) is 4.44. The van der Waals surface area contributed by atoms with Crippen LogP contribution in [-0.2, 0) is 46.9 Å². The van der Waals surface area contributed by atoms with Gasteiger partial charge < -0.3 is 29.5 Å². The second-order valence-corrected chi connectivity index (χ2v) is 3.30. The Bertz CT molecular complexity index is 104. The minimum Gasteiger partial charge on any atom is -0.368 e. The molecule has 0 aliphatic rings. The van der Waals surface area contributed by atoms with Gasteiger partial charge in [-0.3, -0.25) is 0 Å². The van der Waals surface area contributed by atoms with E-state index in [-0.39, 0.29) is 32.7 Å². The molecule has 0 spiro atoms. The molecule has 0 rings (SSSR count). The van der Waals surface area contributed by atoms with Gasteiger partial charge in [0, 0.05) is 54.0 Å². The number of ether oxygens (including phenoxy) is 3. The predicted molar refractivity (Wildman–Crippen MR) is 69.9 cm³/mol. The van der Waals surface area contributed by atoms with E-state index in [2.05, 4.69) is 14.2 Å². The van der Waals surface area contributed by atoms with Crippen LogP contribution < -0.4 is 0 Å². The van der Waals surface area contributed by atoms with Crippen LogP contribution in [0.4, 0.5) is 0 Å². The van der Waals surface area contributed by atoms with Crippen LogP contribution in [0.2, 0.25) is 0 Å². The first-order chi connectivity index (χ1) is 8.42. The Hall–Kier alpha value is 0.864. The van der Waals surface area contributed by atoms with Crippen molar-refractivity contribution in [3.05, 3.63) is 0 Å². The predicted octanol–water partition coefficient (Wildman–Crippen LogP) is 1.08. The van der Waals surface area contributed by atoms with E-state index in [1.54, 1.807) is 0 Å². The molecule has 0 aromatic rings. The molecule has 3 atom stereocenters. The molecule has 0 amide bonds. The molecule has 1 radical (unpaired) electrons. The summed E-state index contributed by atoms with van der Waals surface area (Å²) >= 11 is 0. The summed E-state index contributed by atoms with van der Waals surface area (Å²) in [5, 5.41) is 25.3. The fourth-order valence-electron chi connectivity index (χ4n) is 0.500. The number of hydrogen-bond donors (Lipinski definition) is 3. The van der Waals surface area contributed by atoms with Crippen LogP contribution >= 0.6 is 0 Å². The number of rotatable bonds is 6. The quantitative estimate of drug-likeness (QED) is 0.615. The molecular formula is C12H30O6Y. The number of methoxy groups -OCH3 is 3. The van der Waals surface area contributed by atoms with E-state index in [1.165, 1.54) is 21.3 Å². The summed E-state index contributed by atoms with van der Waals surface area (Å²) in [5.41, 5.74) is 0. The molecular weight excluding hydrogens is 329 g/mol. The molecule has 3 N–H and O–H groups in total. The molecule has 0 fully saturated rings. The van der Waals surface area contributed by atoms with Crippen LogP contribution in [0.15, 0.2) is 0 Å². The van der Waals surface area contributed by atoms with Crippen LogP contribution in [0, 0.1) is 0 Å². The van der Waals surface area contributed by atoms with Gasteiger partial charge in [-0.1, -0.05) is 20.8 Å². The maximum atomic E-state index is 8.44. The zero-order valence-electron chi connectivity index (χ0n) is 13.0. The van der Waals surface area contributed by atoms with E-state index in [9.17, 15) is 0 Å². The van der Waals surface area contributed by atoms with E-state index < -0.39 is 18.9 Å².